The van der Waals surface area contributed by atoms with E-state index in [0.29, 0.717) is 18.4 Å². The van der Waals surface area contributed by atoms with E-state index >= 15 is 0 Å². The van der Waals surface area contributed by atoms with Crippen molar-refractivity contribution in [3.63, 3.8) is 0 Å². The summed E-state index contributed by atoms with van der Waals surface area (Å²) >= 11 is 0. The second-order valence-electron chi connectivity index (χ2n) is 8.08. The van der Waals surface area contributed by atoms with Gasteiger partial charge in [0.1, 0.15) is 5.75 Å². The number of hydrogen-bond donors (Lipinski definition) is 0. The number of aromatic nitrogens is 2. The minimum atomic E-state index is -0.114. The highest BCUT2D eigenvalue weighted by molar-refractivity contribution is 5.95. The minimum absolute atomic E-state index is 0.114. The molecule has 0 saturated carbocycles. The Balaban J connectivity index is 1.46. The fourth-order valence-corrected chi connectivity index (χ4v) is 3.89. The van der Waals surface area contributed by atoms with Crippen LogP contribution in [0, 0.1) is 19.8 Å². The SMILES string of the molecule is COc1ccc(-c2noc(N3CCC[C@@H](C(=O)N(C)c4ccc(C)c(C)c4)C3)n2)cc1. The molecule has 0 radical (unpaired) electrons. The van der Waals surface area contributed by atoms with E-state index in [2.05, 4.69) is 36.1 Å². The zero-order valence-corrected chi connectivity index (χ0v) is 18.5. The van der Waals surface area contributed by atoms with Gasteiger partial charge >= 0.3 is 6.01 Å². The van der Waals surface area contributed by atoms with Crippen LogP contribution in [0.2, 0.25) is 0 Å². The maximum Gasteiger partial charge on any atom is 0.324 e. The molecular weight excluding hydrogens is 392 g/mol. The van der Waals surface area contributed by atoms with Crippen LogP contribution in [-0.2, 0) is 4.79 Å². The lowest BCUT2D eigenvalue weighted by Crippen LogP contribution is -2.44. The molecule has 1 aliphatic heterocycles. The Morgan fingerprint density at radius 1 is 1.16 bits per heavy atom. The zero-order chi connectivity index (χ0) is 22.0. The van der Waals surface area contributed by atoms with Crippen LogP contribution < -0.4 is 14.5 Å². The van der Waals surface area contributed by atoms with Gasteiger partial charge in [0.15, 0.2) is 0 Å². The van der Waals surface area contributed by atoms with E-state index in [1.165, 1.54) is 11.1 Å². The molecule has 2 heterocycles. The Morgan fingerprint density at radius 2 is 1.94 bits per heavy atom. The molecule has 31 heavy (non-hydrogen) atoms. The van der Waals surface area contributed by atoms with E-state index in [1.807, 2.05) is 42.3 Å². The van der Waals surface area contributed by atoms with Crippen LogP contribution in [0.5, 0.6) is 5.75 Å². The van der Waals surface area contributed by atoms with Crippen molar-refractivity contribution in [2.24, 2.45) is 5.92 Å². The van der Waals surface area contributed by atoms with Crippen molar-refractivity contribution in [1.29, 1.82) is 0 Å². The van der Waals surface area contributed by atoms with Gasteiger partial charge in [0, 0.05) is 31.4 Å². The van der Waals surface area contributed by atoms with E-state index in [0.717, 1.165) is 36.4 Å². The fraction of sp³-hybridized carbons (Fsp3) is 0.375. The first kappa shape index (κ1) is 20.9. The van der Waals surface area contributed by atoms with Gasteiger partial charge in [0.25, 0.3) is 0 Å². The minimum Gasteiger partial charge on any atom is -0.497 e. The lowest BCUT2D eigenvalue weighted by molar-refractivity contribution is -0.122. The third kappa shape index (κ3) is 4.40. The van der Waals surface area contributed by atoms with Crippen LogP contribution in [0.15, 0.2) is 47.0 Å². The number of carbonyl (C=O) groups is 1. The third-order valence-corrected chi connectivity index (χ3v) is 6.01. The molecule has 1 saturated heterocycles. The second kappa shape index (κ2) is 8.79. The quantitative estimate of drug-likeness (QED) is 0.615. The molecule has 1 amide bonds. The number of piperidine rings is 1. The number of methoxy groups -OCH3 is 1. The van der Waals surface area contributed by atoms with Crippen molar-refractivity contribution in [2.45, 2.75) is 26.7 Å². The standard InChI is InChI=1S/C24H28N4O3/c1-16-7-10-20(14-17(16)2)27(3)23(29)19-6-5-13-28(15-19)24-25-22(26-31-24)18-8-11-21(30-4)12-9-18/h7-12,14,19H,5-6,13,15H2,1-4H3/t19-/m1/s1. The maximum atomic E-state index is 13.2. The average Bonchev–Trinajstić information content (AvgIpc) is 3.30. The number of anilines is 2. The first-order chi connectivity index (χ1) is 15.0. The van der Waals surface area contributed by atoms with Crippen molar-refractivity contribution in [2.75, 3.05) is 37.0 Å². The lowest BCUT2D eigenvalue weighted by atomic mass is 9.96. The number of amides is 1. The molecule has 1 atom stereocenters. The first-order valence-corrected chi connectivity index (χ1v) is 10.5. The molecule has 7 nitrogen and oxygen atoms in total. The Morgan fingerprint density at radius 3 is 2.65 bits per heavy atom. The molecule has 2 aromatic carbocycles. The molecule has 7 heteroatoms. The van der Waals surface area contributed by atoms with Gasteiger partial charge in [0.05, 0.1) is 13.0 Å². The smallest absolute Gasteiger partial charge is 0.324 e. The summed E-state index contributed by atoms with van der Waals surface area (Å²) in [4.78, 5) is 21.5. The second-order valence-corrected chi connectivity index (χ2v) is 8.08. The van der Waals surface area contributed by atoms with Crippen molar-refractivity contribution in [1.82, 2.24) is 10.1 Å². The van der Waals surface area contributed by atoms with Crippen LogP contribution in [-0.4, -0.2) is 43.3 Å². The monoisotopic (exact) mass is 420 g/mol. The number of aryl methyl sites for hydroxylation is 2. The molecule has 0 unspecified atom stereocenters. The fourth-order valence-electron chi connectivity index (χ4n) is 3.89. The number of benzene rings is 2. The van der Waals surface area contributed by atoms with Gasteiger partial charge in [-0.2, -0.15) is 4.98 Å². The zero-order valence-electron chi connectivity index (χ0n) is 18.5. The molecular formula is C24H28N4O3. The predicted octanol–water partition coefficient (Wildman–Crippen LogP) is 4.24. The lowest BCUT2D eigenvalue weighted by Gasteiger charge is -2.32. The normalized spacial score (nSPS) is 16.3. The van der Waals surface area contributed by atoms with E-state index in [-0.39, 0.29) is 11.8 Å². The van der Waals surface area contributed by atoms with E-state index in [4.69, 9.17) is 9.26 Å². The third-order valence-electron chi connectivity index (χ3n) is 6.01. The highest BCUT2D eigenvalue weighted by atomic mass is 16.5. The number of hydrogen-bond acceptors (Lipinski definition) is 6. The summed E-state index contributed by atoms with van der Waals surface area (Å²) in [5.41, 5.74) is 4.18. The summed E-state index contributed by atoms with van der Waals surface area (Å²) in [5, 5.41) is 4.12. The highest BCUT2D eigenvalue weighted by Gasteiger charge is 2.31. The van der Waals surface area contributed by atoms with E-state index < -0.39 is 0 Å². The molecule has 4 rings (SSSR count). The molecule has 3 aromatic rings. The van der Waals surface area contributed by atoms with Crippen LogP contribution in [0.3, 0.4) is 0 Å². The molecule has 0 bridgehead atoms. The van der Waals surface area contributed by atoms with Gasteiger partial charge in [-0.15, -0.1) is 0 Å². The molecule has 1 aromatic heterocycles. The molecule has 1 fully saturated rings. The summed E-state index contributed by atoms with van der Waals surface area (Å²) in [6.07, 6.45) is 1.75. The Hall–Kier alpha value is -3.35. The van der Waals surface area contributed by atoms with Crippen LogP contribution in [0.25, 0.3) is 11.4 Å². The molecule has 1 aliphatic rings. The summed E-state index contributed by atoms with van der Waals surface area (Å²) in [7, 11) is 3.48. The van der Waals surface area contributed by atoms with Crippen molar-refractivity contribution in [3.8, 4) is 17.1 Å². The predicted molar refractivity (Wildman–Crippen MR) is 121 cm³/mol. The van der Waals surface area contributed by atoms with Crippen LogP contribution in [0.4, 0.5) is 11.7 Å². The number of nitrogens with zero attached hydrogens (tertiary/aromatic N) is 4. The molecule has 0 N–H and O–H groups in total. The van der Waals surface area contributed by atoms with Crippen molar-refractivity contribution < 1.29 is 14.1 Å². The first-order valence-electron chi connectivity index (χ1n) is 10.5. The summed E-state index contributed by atoms with van der Waals surface area (Å²) in [6, 6.07) is 14.1. The number of ether oxygens (including phenoxy) is 1. The van der Waals surface area contributed by atoms with Gasteiger partial charge < -0.3 is 19.1 Å². The Labute approximate surface area is 182 Å². The summed E-state index contributed by atoms with van der Waals surface area (Å²) in [5.74, 6) is 1.30. The summed E-state index contributed by atoms with van der Waals surface area (Å²) < 4.78 is 10.7. The van der Waals surface area contributed by atoms with Crippen molar-refractivity contribution >= 4 is 17.6 Å². The average molecular weight is 421 g/mol. The van der Waals surface area contributed by atoms with Gasteiger partial charge in [0.2, 0.25) is 11.7 Å². The van der Waals surface area contributed by atoms with Gasteiger partial charge in [-0.1, -0.05) is 11.2 Å². The van der Waals surface area contributed by atoms with Gasteiger partial charge in [-0.25, -0.2) is 0 Å². The largest absolute Gasteiger partial charge is 0.497 e. The Kier molecular flexibility index (Phi) is 5.93. The summed E-state index contributed by atoms with van der Waals surface area (Å²) in [6.45, 7) is 5.50. The Bertz CT molecular complexity index is 1060. The van der Waals surface area contributed by atoms with E-state index in [9.17, 15) is 4.79 Å². The number of carbonyl (C=O) groups excluding carboxylic acids is 1. The van der Waals surface area contributed by atoms with Crippen molar-refractivity contribution in [3.05, 3.63) is 53.6 Å². The highest BCUT2D eigenvalue weighted by Crippen LogP contribution is 2.28. The topological polar surface area (TPSA) is 71.7 Å². The number of rotatable bonds is 5. The maximum absolute atomic E-state index is 13.2. The molecule has 0 spiro atoms. The molecule has 0 aliphatic carbocycles. The van der Waals surface area contributed by atoms with Gasteiger partial charge in [-0.3, -0.25) is 4.79 Å². The van der Waals surface area contributed by atoms with Gasteiger partial charge in [-0.05, 0) is 74.2 Å². The molecule has 162 valence electrons. The van der Waals surface area contributed by atoms with E-state index in [1.54, 1.807) is 12.0 Å². The van der Waals surface area contributed by atoms with Crippen LogP contribution >= 0.6 is 0 Å². The van der Waals surface area contributed by atoms with Crippen LogP contribution in [0.1, 0.15) is 24.0 Å².